The van der Waals surface area contributed by atoms with Crippen LogP contribution in [0.25, 0.3) is 0 Å². The van der Waals surface area contributed by atoms with Crippen molar-refractivity contribution >= 4 is 17.3 Å². The molecule has 2 aliphatic carbocycles. The summed E-state index contributed by atoms with van der Waals surface area (Å²) >= 11 is 0. The molecule has 0 aromatic heterocycles. The van der Waals surface area contributed by atoms with Crippen molar-refractivity contribution in [3.63, 3.8) is 0 Å². The molecule has 0 heterocycles. The van der Waals surface area contributed by atoms with Crippen molar-refractivity contribution in [1.29, 1.82) is 0 Å². The molecule has 2 aliphatic rings. The van der Waals surface area contributed by atoms with Crippen LogP contribution in [0.15, 0.2) is 52.4 Å². The van der Waals surface area contributed by atoms with Gasteiger partial charge in [0.1, 0.15) is 0 Å². The molecule has 0 bridgehead atoms. The summed E-state index contributed by atoms with van der Waals surface area (Å²) in [4.78, 5) is 46.9. The van der Waals surface area contributed by atoms with Crippen molar-refractivity contribution in [2.45, 2.75) is 6.42 Å². The van der Waals surface area contributed by atoms with Gasteiger partial charge in [0.15, 0.2) is 23.0 Å². The van der Waals surface area contributed by atoms with Gasteiger partial charge in [-0.2, -0.15) is 0 Å². The maximum atomic E-state index is 12.3. The fourth-order valence-electron chi connectivity index (χ4n) is 2.35. The summed E-state index contributed by atoms with van der Waals surface area (Å²) in [6.45, 7) is 0. The fourth-order valence-corrected chi connectivity index (χ4v) is 2.35. The van der Waals surface area contributed by atoms with Crippen LogP contribution >= 0.6 is 0 Å². The minimum absolute atomic E-state index is 0.0822. The van der Waals surface area contributed by atoms with Crippen molar-refractivity contribution < 1.29 is 14.4 Å². The van der Waals surface area contributed by atoms with Crippen molar-refractivity contribution in [1.82, 2.24) is 0 Å². The Bertz CT molecular complexity index is 725. The van der Waals surface area contributed by atoms with Crippen LogP contribution < -0.4 is 0 Å². The highest BCUT2D eigenvalue weighted by Gasteiger charge is 2.38. The third-order valence-corrected chi connectivity index (χ3v) is 3.24. The summed E-state index contributed by atoms with van der Waals surface area (Å²) in [5.41, 5.74) is 0.0100. The molecular weight excluding hydrogens is 246 g/mol. The first-order valence-electron chi connectivity index (χ1n) is 5.65. The lowest BCUT2D eigenvalue weighted by Gasteiger charge is -2.22. The number of allylic oxidation sites excluding steroid dienone is 4. The molecule has 0 radical (unpaired) electrons. The summed E-state index contributed by atoms with van der Waals surface area (Å²) in [6, 6.07) is 6.34. The van der Waals surface area contributed by atoms with Gasteiger partial charge in [0.05, 0.1) is 5.57 Å². The van der Waals surface area contributed by atoms with E-state index in [0.717, 1.165) is 0 Å². The second kappa shape index (κ2) is 3.91. The molecule has 0 spiro atoms. The zero-order valence-corrected chi connectivity index (χ0v) is 9.67. The second-order valence-corrected chi connectivity index (χ2v) is 4.26. The molecule has 5 nitrogen and oxygen atoms in total. The topological polar surface area (TPSA) is 80.6 Å². The Morgan fingerprint density at radius 1 is 0.947 bits per heavy atom. The third kappa shape index (κ3) is 1.45. The van der Waals surface area contributed by atoms with E-state index in [1.807, 2.05) is 0 Å². The van der Waals surface area contributed by atoms with Gasteiger partial charge in [0.25, 0.3) is 0 Å². The number of Topliss-reactive ketones (excluding diaryl/α,β-unsaturated/α-hetero) is 3. The second-order valence-electron chi connectivity index (χ2n) is 4.26. The Kier molecular flexibility index (Phi) is 2.35. The quantitative estimate of drug-likeness (QED) is 0.716. The molecule has 0 aliphatic heterocycles. The average molecular weight is 253 g/mol. The first-order chi connectivity index (χ1) is 9.15. The normalized spacial score (nSPS) is 17.9. The number of fused-ring (bicyclic) bond motifs is 2. The molecule has 5 heteroatoms. The van der Waals surface area contributed by atoms with Crippen molar-refractivity contribution in [2.75, 3.05) is 0 Å². The number of nitrogens with zero attached hydrogens (tertiary/aromatic N) is 1. The van der Waals surface area contributed by atoms with Crippen LogP contribution in [0.4, 0.5) is 0 Å². The van der Waals surface area contributed by atoms with Crippen LogP contribution in [0.2, 0.25) is 0 Å². The predicted molar refractivity (Wildman–Crippen MR) is 65.6 cm³/mol. The van der Waals surface area contributed by atoms with E-state index in [2.05, 4.69) is 5.18 Å². The number of carbonyl (C=O) groups is 3. The standard InChI is InChI=1S/C14H7NO4/c16-10-6-5-9-11(12(10)15-19)14(18)8-4-2-1-3-7(8)13(9)17/h1-5H,6H2. The van der Waals surface area contributed by atoms with Crippen molar-refractivity contribution in [3.8, 4) is 0 Å². The smallest absolute Gasteiger partial charge is 0.196 e. The molecule has 0 unspecified atom stereocenters. The van der Waals surface area contributed by atoms with Crippen LogP contribution in [0.1, 0.15) is 27.1 Å². The van der Waals surface area contributed by atoms with Gasteiger partial charge in [-0.15, -0.1) is 4.91 Å². The molecule has 0 amide bonds. The van der Waals surface area contributed by atoms with E-state index in [1.165, 1.54) is 12.1 Å². The van der Waals surface area contributed by atoms with Crippen LogP contribution in [0, 0.1) is 4.91 Å². The molecule has 0 saturated heterocycles. The maximum Gasteiger partial charge on any atom is 0.196 e. The summed E-state index contributed by atoms with van der Waals surface area (Å²) < 4.78 is 0. The van der Waals surface area contributed by atoms with E-state index in [9.17, 15) is 19.3 Å². The molecule has 19 heavy (non-hydrogen) atoms. The number of rotatable bonds is 1. The summed E-state index contributed by atoms with van der Waals surface area (Å²) in [5, 5.41) is 2.64. The Balaban J connectivity index is 2.36. The molecule has 0 fully saturated rings. The van der Waals surface area contributed by atoms with E-state index in [1.54, 1.807) is 18.2 Å². The first kappa shape index (κ1) is 11.4. The summed E-state index contributed by atoms with van der Waals surface area (Å²) in [6.07, 6.45) is 1.31. The third-order valence-electron chi connectivity index (χ3n) is 3.24. The fraction of sp³-hybridized carbons (Fsp3) is 0.0714. The Morgan fingerprint density at radius 3 is 2.21 bits per heavy atom. The molecule has 92 valence electrons. The highest BCUT2D eigenvalue weighted by atomic mass is 16.3. The lowest BCUT2D eigenvalue weighted by Crippen LogP contribution is -2.27. The van der Waals surface area contributed by atoms with Gasteiger partial charge in [0, 0.05) is 23.1 Å². The van der Waals surface area contributed by atoms with Crippen LogP contribution in [-0.2, 0) is 4.79 Å². The Hall–Kier alpha value is -2.69. The van der Waals surface area contributed by atoms with E-state index < -0.39 is 17.3 Å². The number of hydrogen-bond donors (Lipinski definition) is 0. The molecule has 3 rings (SSSR count). The van der Waals surface area contributed by atoms with E-state index >= 15 is 0 Å². The number of carbonyl (C=O) groups excluding carboxylic acids is 3. The monoisotopic (exact) mass is 253 g/mol. The SMILES string of the molecule is O=NC1=C2C(=O)c3ccccc3C(=O)C2=CCC1=O. The van der Waals surface area contributed by atoms with E-state index in [-0.39, 0.29) is 28.9 Å². The Morgan fingerprint density at radius 2 is 1.58 bits per heavy atom. The molecule has 0 atom stereocenters. The molecule has 1 aromatic rings. The summed E-state index contributed by atoms with van der Waals surface area (Å²) in [5.74, 6) is -1.38. The lowest BCUT2D eigenvalue weighted by molar-refractivity contribution is -0.115. The highest BCUT2D eigenvalue weighted by molar-refractivity contribution is 6.33. The number of nitroso groups, excluding NO2 is 1. The maximum absolute atomic E-state index is 12.3. The number of benzene rings is 1. The van der Waals surface area contributed by atoms with Gasteiger partial charge in [0.2, 0.25) is 0 Å². The van der Waals surface area contributed by atoms with Gasteiger partial charge in [-0.05, 0) is 5.18 Å². The Labute approximate surface area is 107 Å². The zero-order chi connectivity index (χ0) is 13.6. The first-order valence-corrected chi connectivity index (χ1v) is 5.65. The number of hydrogen-bond acceptors (Lipinski definition) is 5. The van der Waals surface area contributed by atoms with Crippen LogP contribution in [-0.4, -0.2) is 17.3 Å². The van der Waals surface area contributed by atoms with Gasteiger partial charge in [-0.1, -0.05) is 30.3 Å². The number of ketones is 3. The zero-order valence-electron chi connectivity index (χ0n) is 9.67. The largest absolute Gasteiger partial charge is 0.292 e. The average Bonchev–Trinajstić information content (AvgIpc) is 2.44. The van der Waals surface area contributed by atoms with E-state index in [4.69, 9.17) is 0 Å². The minimum atomic E-state index is -0.533. The predicted octanol–water partition coefficient (Wildman–Crippen LogP) is 1.99. The van der Waals surface area contributed by atoms with Gasteiger partial charge < -0.3 is 0 Å². The van der Waals surface area contributed by atoms with Gasteiger partial charge >= 0.3 is 0 Å². The summed E-state index contributed by atoms with van der Waals surface area (Å²) in [7, 11) is 0. The molecule has 0 saturated carbocycles. The van der Waals surface area contributed by atoms with Gasteiger partial charge in [-0.3, -0.25) is 14.4 Å². The molecule has 1 aromatic carbocycles. The van der Waals surface area contributed by atoms with E-state index in [0.29, 0.717) is 5.56 Å². The van der Waals surface area contributed by atoms with Crippen LogP contribution in [0.3, 0.4) is 0 Å². The lowest BCUT2D eigenvalue weighted by atomic mass is 9.78. The van der Waals surface area contributed by atoms with Gasteiger partial charge in [-0.25, -0.2) is 0 Å². The minimum Gasteiger partial charge on any atom is -0.292 e. The van der Waals surface area contributed by atoms with Crippen molar-refractivity contribution in [3.05, 3.63) is 63.2 Å². The van der Waals surface area contributed by atoms with Crippen molar-refractivity contribution in [2.24, 2.45) is 5.18 Å². The molecular formula is C14H7NO4. The van der Waals surface area contributed by atoms with Crippen LogP contribution in [0.5, 0.6) is 0 Å². The molecule has 0 N–H and O–H groups in total. The highest BCUT2D eigenvalue weighted by Crippen LogP contribution is 2.34.